The molecule has 0 saturated heterocycles. The molecule has 2 rings (SSSR count). The number of nitrogens with zero attached hydrogens (tertiary/aromatic N) is 3. The van der Waals surface area contributed by atoms with E-state index in [-0.39, 0.29) is 5.69 Å². The maximum Gasteiger partial charge on any atom is 0.274 e. The van der Waals surface area contributed by atoms with E-state index in [1.165, 1.54) is 12.4 Å². The molecule has 0 aliphatic heterocycles. The number of benzene rings is 1. The van der Waals surface area contributed by atoms with Crippen LogP contribution in [-0.4, -0.2) is 14.9 Å². The Hall–Kier alpha value is -2.70. The molecule has 7 heteroatoms. The van der Waals surface area contributed by atoms with E-state index in [0.717, 1.165) is 0 Å². The number of nitrogens with one attached hydrogen (secondary N) is 1. The van der Waals surface area contributed by atoms with Crippen molar-refractivity contribution in [2.24, 2.45) is 0 Å². The highest BCUT2D eigenvalue weighted by Gasteiger charge is 2.11. The molecule has 0 bridgehead atoms. The van der Waals surface area contributed by atoms with Gasteiger partial charge in [0.2, 0.25) is 0 Å². The summed E-state index contributed by atoms with van der Waals surface area (Å²) in [4.78, 5) is 18.1. The van der Waals surface area contributed by atoms with Gasteiger partial charge in [-0.25, -0.2) is 9.97 Å². The second-order valence-corrected chi connectivity index (χ2v) is 3.71. The van der Waals surface area contributed by atoms with Gasteiger partial charge in [-0.05, 0) is 13.0 Å². The summed E-state index contributed by atoms with van der Waals surface area (Å²) in [6.45, 7) is 1.69. The Kier molecular flexibility index (Phi) is 3.05. The van der Waals surface area contributed by atoms with Gasteiger partial charge in [0, 0.05) is 23.4 Å². The Balaban J connectivity index is 2.30. The van der Waals surface area contributed by atoms with Gasteiger partial charge in [0.15, 0.2) is 0 Å². The standard InChI is InChI=1S/C11H11N5O2/c1-7-2-3-8(4-9(7)16(17)18)15-11-5-10(12)13-6-14-11/h2-6H,1H3,(H3,12,13,14,15). The van der Waals surface area contributed by atoms with Crippen molar-refractivity contribution < 1.29 is 4.92 Å². The molecule has 0 aliphatic carbocycles. The predicted molar refractivity (Wildman–Crippen MR) is 67.6 cm³/mol. The second kappa shape index (κ2) is 4.66. The van der Waals surface area contributed by atoms with Crippen LogP contribution in [0.4, 0.5) is 23.0 Å². The fourth-order valence-electron chi connectivity index (χ4n) is 1.47. The molecule has 2 aromatic rings. The Morgan fingerprint density at radius 3 is 2.78 bits per heavy atom. The van der Waals surface area contributed by atoms with Crippen molar-refractivity contribution >= 4 is 23.0 Å². The molecular formula is C11H11N5O2. The lowest BCUT2D eigenvalue weighted by Crippen LogP contribution is -1.98. The lowest BCUT2D eigenvalue weighted by molar-refractivity contribution is -0.385. The summed E-state index contributed by atoms with van der Waals surface area (Å²) in [6.07, 6.45) is 1.32. The van der Waals surface area contributed by atoms with Crippen LogP contribution in [0.3, 0.4) is 0 Å². The summed E-state index contributed by atoms with van der Waals surface area (Å²) in [5.74, 6) is 0.815. The van der Waals surface area contributed by atoms with Gasteiger partial charge >= 0.3 is 0 Å². The van der Waals surface area contributed by atoms with E-state index in [1.807, 2.05) is 0 Å². The van der Waals surface area contributed by atoms with Gasteiger partial charge in [0.25, 0.3) is 5.69 Å². The van der Waals surface area contributed by atoms with Crippen LogP contribution in [0.15, 0.2) is 30.6 Å². The Morgan fingerprint density at radius 2 is 2.11 bits per heavy atom. The molecule has 0 amide bonds. The Bertz CT molecular complexity index is 600. The third-order valence-corrected chi connectivity index (χ3v) is 2.37. The molecule has 0 aliphatic rings. The summed E-state index contributed by atoms with van der Waals surface area (Å²) in [5.41, 5.74) is 6.75. The van der Waals surface area contributed by atoms with Crippen LogP contribution < -0.4 is 11.1 Å². The van der Waals surface area contributed by atoms with E-state index in [2.05, 4.69) is 15.3 Å². The van der Waals surface area contributed by atoms with E-state index in [4.69, 9.17) is 5.73 Å². The maximum absolute atomic E-state index is 10.8. The molecule has 0 unspecified atom stereocenters. The highest BCUT2D eigenvalue weighted by molar-refractivity contribution is 5.62. The highest BCUT2D eigenvalue weighted by Crippen LogP contribution is 2.24. The van der Waals surface area contributed by atoms with Crippen LogP contribution in [-0.2, 0) is 0 Å². The van der Waals surface area contributed by atoms with Crippen molar-refractivity contribution in [1.29, 1.82) is 0 Å². The normalized spacial score (nSPS) is 10.1. The molecule has 0 fully saturated rings. The predicted octanol–water partition coefficient (Wildman–Crippen LogP) is 2.02. The molecule has 3 N–H and O–H groups in total. The Morgan fingerprint density at radius 1 is 1.33 bits per heavy atom. The average Bonchev–Trinajstić information content (AvgIpc) is 2.31. The van der Waals surface area contributed by atoms with Gasteiger partial charge in [0.1, 0.15) is 18.0 Å². The number of hydrogen-bond donors (Lipinski definition) is 2. The number of hydrogen-bond acceptors (Lipinski definition) is 6. The number of nitro benzene ring substituents is 1. The first kappa shape index (κ1) is 11.8. The fourth-order valence-corrected chi connectivity index (χ4v) is 1.47. The van der Waals surface area contributed by atoms with E-state index >= 15 is 0 Å². The molecule has 0 spiro atoms. The van der Waals surface area contributed by atoms with Gasteiger partial charge < -0.3 is 11.1 Å². The highest BCUT2D eigenvalue weighted by atomic mass is 16.6. The third-order valence-electron chi connectivity index (χ3n) is 2.37. The van der Waals surface area contributed by atoms with Crippen LogP contribution in [0.25, 0.3) is 0 Å². The zero-order valence-electron chi connectivity index (χ0n) is 9.62. The summed E-state index contributed by atoms with van der Waals surface area (Å²) < 4.78 is 0. The molecular weight excluding hydrogens is 234 g/mol. The van der Waals surface area contributed by atoms with Crippen molar-refractivity contribution in [3.63, 3.8) is 0 Å². The number of rotatable bonds is 3. The van der Waals surface area contributed by atoms with Gasteiger partial charge in [-0.1, -0.05) is 6.07 Å². The molecule has 1 aromatic carbocycles. The first-order chi connectivity index (χ1) is 8.56. The van der Waals surface area contributed by atoms with Crippen LogP contribution in [0, 0.1) is 17.0 Å². The van der Waals surface area contributed by atoms with Crippen molar-refractivity contribution in [3.05, 3.63) is 46.3 Å². The van der Waals surface area contributed by atoms with E-state index in [0.29, 0.717) is 22.9 Å². The summed E-state index contributed by atoms with van der Waals surface area (Å²) in [5, 5.41) is 13.7. The third kappa shape index (κ3) is 2.51. The number of nitrogens with two attached hydrogens (primary N) is 1. The number of nitrogen functional groups attached to an aromatic ring is 1. The van der Waals surface area contributed by atoms with E-state index < -0.39 is 4.92 Å². The van der Waals surface area contributed by atoms with Crippen LogP contribution >= 0.6 is 0 Å². The number of aryl methyl sites for hydroxylation is 1. The molecule has 92 valence electrons. The van der Waals surface area contributed by atoms with Gasteiger partial charge in [0.05, 0.1) is 4.92 Å². The van der Waals surface area contributed by atoms with Gasteiger partial charge in [-0.15, -0.1) is 0 Å². The molecule has 1 heterocycles. The summed E-state index contributed by atoms with van der Waals surface area (Å²) >= 11 is 0. The van der Waals surface area contributed by atoms with Crippen LogP contribution in [0.5, 0.6) is 0 Å². The van der Waals surface area contributed by atoms with Crippen molar-refractivity contribution in [3.8, 4) is 0 Å². The largest absolute Gasteiger partial charge is 0.384 e. The summed E-state index contributed by atoms with van der Waals surface area (Å²) in [6, 6.07) is 6.41. The van der Waals surface area contributed by atoms with Crippen LogP contribution in [0.1, 0.15) is 5.56 Å². The maximum atomic E-state index is 10.8. The zero-order chi connectivity index (χ0) is 13.1. The molecule has 7 nitrogen and oxygen atoms in total. The van der Waals surface area contributed by atoms with E-state index in [9.17, 15) is 10.1 Å². The Labute approximate surface area is 103 Å². The van der Waals surface area contributed by atoms with Gasteiger partial charge in [-0.2, -0.15) is 0 Å². The zero-order valence-corrected chi connectivity index (χ0v) is 9.62. The SMILES string of the molecule is Cc1ccc(Nc2cc(N)ncn2)cc1[N+](=O)[O-]. The lowest BCUT2D eigenvalue weighted by atomic mass is 10.2. The monoisotopic (exact) mass is 245 g/mol. The van der Waals surface area contributed by atoms with Crippen LogP contribution in [0.2, 0.25) is 0 Å². The lowest BCUT2D eigenvalue weighted by Gasteiger charge is -2.06. The number of aromatic nitrogens is 2. The topological polar surface area (TPSA) is 107 Å². The fraction of sp³-hybridized carbons (Fsp3) is 0.0909. The molecule has 18 heavy (non-hydrogen) atoms. The number of nitro groups is 1. The molecule has 0 radical (unpaired) electrons. The van der Waals surface area contributed by atoms with Crippen molar-refractivity contribution in [2.75, 3.05) is 11.1 Å². The van der Waals surface area contributed by atoms with Crippen molar-refractivity contribution in [1.82, 2.24) is 9.97 Å². The van der Waals surface area contributed by atoms with E-state index in [1.54, 1.807) is 25.1 Å². The molecule has 1 aromatic heterocycles. The first-order valence-corrected chi connectivity index (χ1v) is 5.16. The minimum absolute atomic E-state index is 0.0574. The molecule has 0 saturated carbocycles. The minimum atomic E-state index is -0.422. The smallest absolute Gasteiger partial charge is 0.274 e. The second-order valence-electron chi connectivity index (χ2n) is 3.71. The average molecular weight is 245 g/mol. The first-order valence-electron chi connectivity index (χ1n) is 5.16. The number of anilines is 3. The van der Waals surface area contributed by atoms with Crippen molar-refractivity contribution in [2.45, 2.75) is 6.92 Å². The molecule has 0 atom stereocenters. The summed E-state index contributed by atoms with van der Waals surface area (Å²) in [7, 11) is 0. The minimum Gasteiger partial charge on any atom is -0.384 e. The van der Waals surface area contributed by atoms with Gasteiger partial charge in [-0.3, -0.25) is 10.1 Å². The quantitative estimate of drug-likeness (QED) is 0.632.